The van der Waals surface area contributed by atoms with Gasteiger partial charge in [-0.1, -0.05) is 0 Å². The summed E-state index contributed by atoms with van der Waals surface area (Å²) >= 11 is 0. The topological polar surface area (TPSA) is 73.6 Å². The van der Waals surface area contributed by atoms with Gasteiger partial charge in [0.1, 0.15) is 11.6 Å². The van der Waals surface area contributed by atoms with E-state index in [0.717, 1.165) is 12.1 Å². The van der Waals surface area contributed by atoms with Crippen LogP contribution >= 0.6 is 0 Å². The van der Waals surface area contributed by atoms with Gasteiger partial charge in [-0.2, -0.15) is 0 Å². The van der Waals surface area contributed by atoms with Gasteiger partial charge in [-0.15, -0.1) is 0 Å². The molecule has 22 heavy (non-hydrogen) atoms. The van der Waals surface area contributed by atoms with Crippen molar-refractivity contribution in [3.8, 4) is 0 Å². The summed E-state index contributed by atoms with van der Waals surface area (Å²) in [6.45, 7) is 2.81. The van der Waals surface area contributed by atoms with Gasteiger partial charge in [0, 0.05) is 18.1 Å². The third kappa shape index (κ3) is 2.13. The van der Waals surface area contributed by atoms with E-state index in [-0.39, 0.29) is 28.2 Å². The molecule has 0 saturated heterocycles. The fourth-order valence-electron chi connectivity index (χ4n) is 2.42. The summed E-state index contributed by atoms with van der Waals surface area (Å²) in [4.78, 5) is 35.7. The minimum absolute atomic E-state index is 0.0291. The fraction of sp³-hybridized carbons (Fsp3) is 0.188. The molecule has 6 heteroatoms. The van der Waals surface area contributed by atoms with Crippen molar-refractivity contribution >= 4 is 17.5 Å². The Hall–Kier alpha value is -2.76. The van der Waals surface area contributed by atoms with E-state index in [1.807, 2.05) is 0 Å². The van der Waals surface area contributed by atoms with E-state index in [9.17, 15) is 18.8 Å². The zero-order valence-electron chi connectivity index (χ0n) is 11.8. The quantitative estimate of drug-likeness (QED) is 0.680. The number of furan rings is 1. The van der Waals surface area contributed by atoms with Gasteiger partial charge in [-0.05, 0) is 31.2 Å². The van der Waals surface area contributed by atoms with Crippen LogP contribution in [0.25, 0.3) is 0 Å². The molecule has 0 fully saturated rings. The molecule has 1 aromatic carbocycles. The van der Waals surface area contributed by atoms with Gasteiger partial charge in [0.05, 0.1) is 5.56 Å². The van der Waals surface area contributed by atoms with E-state index in [0.29, 0.717) is 0 Å². The molecule has 1 heterocycles. The molecule has 5 nitrogen and oxygen atoms in total. The Kier molecular flexibility index (Phi) is 3.16. The van der Waals surface area contributed by atoms with Crippen LogP contribution in [0, 0.1) is 5.82 Å². The zero-order valence-corrected chi connectivity index (χ0v) is 11.8. The number of hydrogen-bond donors (Lipinski definition) is 0. The Morgan fingerprint density at radius 2 is 1.86 bits per heavy atom. The van der Waals surface area contributed by atoms with Crippen LogP contribution in [0.2, 0.25) is 0 Å². The highest BCUT2D eigenvalue weighted by Gasteiger charge is 2.35. The van der Waals surface area contributed by atoms with E-state index >= 15 is 0 Å². The smallest absolute Gasteiger partial charge is 0.303 e. The number of ether oxygens (including phenoxy) is 1. The van der Waals surface area contributed by atoms with Crippen molar-refractivity contribution in [1.29, 1.82) is 0 Å². The summed E-state index contributed by atoms with van der Waals surface area (Å²) in [5.74, 6) is -2.07. The first kappa shape index (κ1) is 14.2. The first-order valence-electron chi connectivity index (χ1n) is 6.58. The van der Waals surface area contributed by atoms with Gasteiger partial charge in [0.25, 0.3) is 0 Å². The van der Waals surface area contributed by atoms with Crippen LogP contribution in [0.5, 0.6) is 0 Å². The minimum Gasteiger partial charge on any atom is -0.455 e. The summed E-state index contributed by atoms with van der Waals surface area (Å²) in [6, 6.07) is 4.79. The van der Waals surface area contributed by atoms with Crippen molar-refractivity contribution in [2.75, 3.05) is 0 Å². The predicted octanol–water partition coefficient (Wildman–Crippen LogP) is 2.82. The molecule has 0 saturated carbocycles. The van der Waals surface area contributed by atoms with Gasteiger partial charge in [0.15, 0.2) is 17.6 Å². The lowest BCUT2D eigenvalue weighted by molar-refractivity contribution is -0.146. The molecule has 0 aliphatic heterocycles. The van der Waals surface area contributed by atoms with Crippen molar-refractivity contribution < 1.29 is 27.9 Å². The maximum Gasteiger partial charge on any atom is 0.303 e. The molecule has 1 atom stereocenters. The van der Waals surface area contributed by atoms with Crippen molar-refractivity contribution in [2.45, 2.75) is 20.0 Å². The lowest BCUT2D eigenvalue weighted by atomic mass is 9.88. The Bertz CT molecular complexity index is 818. The van der Waals surface area contributed by atoms with Crippen LogP contribution < -0.4 is 0 Å². The van der Waals surface area contributed by atoms with Crippen molar-refractivity contribution in [3.05, 3.63) is 58.3 Å². The summed E-state index contributed by atoms with van der Waals surface area (Å²) in [7, 11) is 0. The van der Waals surface area contributed by atoms with Crippen LogP contribution in [0.4, 0.5) is 4.39 Å². The summed E-state index contributed by atoms with van der Waals surface area (Å²) in [6.07, 6.45) is -0.733. The molecular weight excluding hydrogens is 291 g/mol. The number of benzene rings is 1. The predicted molar refractivity (Wildman–Crippen MR) is 72.2 cm³/mol. The number of carbonyl (C=O) groups is 3. The van der Waals surface area contributed by atoms with Crippen molar-refractivity contribution in [3.63, 3.8) is 0 Å². The number of carbonyl (C=O) groups excluding carboxylic acids is 3. The molecule has 0 amide bonds. The van der Waals surface area contributed by atoms with Crippen LogP contribution in [0.3, 0.4) is 0 Å². The first-order chi connectivity index (χ1) is 10.4. The molecule has 2 aromatic rings. The lowest BCUT2D eigenvalue weighted by Crippen LogP contribution is -2.19. The minimum atomic E-state index is -0.733. The average Bonchev–Trinajstić information content (AvgIpc) is 2.89. The summed E-state index contributed by atoms with van der Waals surface area (Å²) < 4.78 is 23.6. The summed E-state index contributed by atoms with van der Waals surface area (Å²) in [5.41, 5.74) is 0.197. The van der Waals surface area contributed by atoms with Crippen LogP contribution in [-0.4, -0.2) is 17.5 Å². The van der Waals surface area contributed by atoms with E-state index in [1.165, 1.54) is 19.1 Å². The Balaban J connectivity index is 2.08. The van der Waals surface area contributed by atoms with Gasteiger partial charge < -0.3 is 9.15 Å². The number of halogens is 1. The summed E-state index contributed by atoms with van der Waals surface area (Å²) in [5, 5.41) is 0. The van der Waals surface area contributed by atoms with Gasteiger partial charge >= 0.3 is 5.97 Å². The van der Waals surface area contributed by atoms with Gasteiger partial charge in [-0.3, -0.25) is 14.4 Å². The normalized spacial score (nSPS) is 14.3. The molecule has 0 bridgehead atoms. The van der Waals surface area contributed by atoms with E-state index < -0.39 is 29.5 Å². The SMILES string of the molecule is CC(=O)OC(C)c1cc2c(o1)C(=O)c1cc(F)ccc1C2=O. The Labute approximate surface area is 124 Å². The van der Waals surface area contributed by atoms with Crippen LogP contribution in [0.1, 0.15) is 57.8 Å². The number of fused-ring (bicyclic) bond motifs is 2. The standard InChI is InChI=1S/C16H11FO5/c1-7(21-8(2)18)13-6-12-14(19)10-4-3-9(17)5-11(10)15(20)16(12)22-13/h3-7H,1-2H3. The van der Waals surface area contributed by atoms with Gasteiger partial charge in [0.2, 0.25) is 5.78 Å². The number of rotatable bonds is 2. The third-order valence-electron chi connectivity index (χ3n) is 3.42. The number of hydrogen-bond acceptors (Lipinski definition) is 5. The molecule has 1 unspecified atom stereocenters. The van der Waals surface area contributed by atoms with E-state index in [1.54, 1.807) is 6.92 Å². The number of ketones is 2. The van der Waals surface area contributed by atoms with E-state index in [2.05, 4.69) is 0 Å². The molecule has 1 aliphatic rings. The molecular formula is C16H11FO5. The Morgan fingerprint density at radius 3 is 2.55 bits per heavy atom. The lowest BCUT2D eigenvalue weighted by Gasteiger charge is -2.12. The molecule has 3 rings (SSSR count). The largest absolute Gasteiger partial charge is 0.455 e. The molecule has 0 N–H and O–H groups in total. The second kappa shape index (κ2) is 4.91. The van der Waals surface area contributed by atoms with Crippen molar-refractivity contribution in [1.82, 2.24) is 0 Å². The van der Waals surface area contributed by atoms with Crippen LogP contribution in [-0.2, 0) is 9.53 Å². The molecule has 0 radical (unpaired) electrons. The van der Waals surface area contributed by atoms with Gasteiger partial charge in [-0.25, -0.2) is 4.39 Å². The highest BCUT2D eigenvalue weighted by atomic mass is 19.1. The maximum absolute atomic E-state index is 13.3. The molecule has 112 valence electrons. The molecule has 1 aromatic heterocycles. The molecule has 0 spiro atoms. The third-order valence-corrected chi connectivity index (χ3v) is 3.42. The van der Waals surface area contributed by atoms with E-state index in [4.69, 9.17) is 9.15 Å². The highest BCUT2D eigenvalue weighted by molar-refractivity contribution is 6.27. The monoisotopic (exact) mass is 302 g/mol. The fourth-order valence-corrected chi connectivity index (χ4v) is 2.42. The highest BCUT2D eigenvalue weighted by Crippen LogP contribution is 2.32. The number of esters is 1. The van der Waals surface area contributed by atoms with Crippen LogP contribution in [0.15, 0.2) is 28.7 Å². The molecule has 1 aliphatic carbocycles. The first-order valence-corrected chi connectivity index (χ1v) is 6.58. The second-order valence-electron chi connectivity index (χ2n) is 4.99. The second-order valence-corrected chi connectivity index (χ2v) is 4.99. The van der Waals surface area contributed by atoms with Crippen molar-refractivity contribution in [2.24, 2.45) is 0 Å². The average molecular weight is 302 g/mol. The zero-order chi connectivity index (χ0) is 16.0. The maximum atomic E-state index is 13.3. The Morgan fingerprint density at radius 1 is 1.14 bits per heavy atom.